The third-order valence-electron chi connectivity index (χ3n) is 2.24. The highest BCUT2D eigenvalue weighted by Gasteiger charge is 2.17. The molecule has 1 heterocycles. The second-order valence-electron chi connectivity index (χ2n) is 3.94. The molecule has 0 unspecified atom stereocenters. The molecule has 0 bridgehead atoms. The van der Waals surface area contributed by atoms with Crippen LogP contribution in [0.1, 0.15) is 31.2 Å². The molecule has 0 saturated carbocycles. The van der Waals surface area contributed by atoms with Crippen molar-refractivity contribution in [2.75, 3.05) is 13.7 Å². The SMILES string of the molecule is COCCn1nnc(CC(N)=O)c1C(C)C. The van der Waals surface area contributed by atoms with E-state index in [2.05, 4.69) is 10.3 Å². The van der Waals surface area contributed by atoms with Crippen molar-refractivity contribution in [2.45, 2.75) is 32.7 Å². The van der Waals surface area contributed by atoms with E-state index in [1.807, 2.05) is 13.8 Å². The number of nitrogens with zero attached hydrogens (tertiary/aromatic N) is 3. The second kappa shape index (κ2) is 5.60. The Balaban J connectivity index is 2.92. The summed E-state index contributed by atoms with van der Waals surface area (Å²) in [5.41, 5.74) is 6.78. The summed E-state index contributed by atoms with van der Waals surface area (Å²) < 4.78 is 6.76. The van der Waals surface area contributed by atoms with E-state index < -0.39 is 0 Å². The monoisotopic (exact) mass is 226 g/mol. The zero-order chi connectivity index (χ0) is 12.1. The first kappa shape index (κ1) is 12.6. The molecular formula is C10H18N4O2. The van der Waals surface area contributed by atoms with Gasteiger partial charge in [-0.05, 0) is 5.92 Å². The zero-order valence-electron chi connectivity index (χ0n) is 9.93. The molecule has 0 atom stereocenters. The predicted molar refractivity (Wildman–Crippen MR) is 58.9 cm³/mol. The molecule has 0 saturated heterocycles. The van der Waals surface area contributed by atoms with Gasteiger partial charge in [-0.25, -0.2) is 4.68 Å². The molecule has 1 rings (SSSR count). The Kier molecular flexibility index (Phi) is 4.42. The summed E-state index contributed by atoms with van der Waals surface area (Å²) in [5.74, 6) is -0.137. The number of primary amides is 1. The van der Waals surface area contributed by atoms with Crippen molar-refractivity contribution in [3.05, 3.63) is 11.4 Å². The lowest BCUT2D eigenvalue weighted by Gasteiger charge is -2.10. The molecule has 6 heteroatoms. The van der Waals surface area contributed by atoms with E-state index in [1.54, 1.807) is 11.8 Å². The minimum absolute atomic E-state index is 0.139. The summed E-state index contributed by atoms with van der Waals surface area (Å²) in [5, 5.41) is 7.99. The van der Waals surface area contributed by atoms with Crippen molar-refractivity contribution in [1.29, 1.82) is 0 Å². The fourth-order valence-corrected chi connectivity index (χ4v) is 1.62. The molecule has 0 aliphatic heterocycles. The van der Waals surface area contributed by atoms with Gasteiger partial charge in [0.05, 0.1) is 31.0 Å². The van der Waals surface area contributed by atoms with Crippen molar-refractivity contribution in [3.63, 3.8) is 0 Å². The summed E-state index contributed by atoms with van der Waals surface area (Å²) in [4.78, 5) is 10.9. The average Bonchev–Trinajstić information content (AvgIpc) is 2.56. The minimum atomic E-state index is -0.388. The van der Waals surface area contributed by atoms with Crippen molar-refractivity contribution in [2.24, 2.45) is 5.73 Å². The van der Waals surface area contributed by atoms with E-state index in [9.17, 15) is 4.79 Å². The lowest BCUT2D eigenvalue weighted by Crippen LogP contribution is -2.16. The number of hydrogen-bond donors (Lipinski definition) is 1. The highest BCUT2D eigenvalue weighted by molar-refractivity contribution is 5.76. The van der Waals surface area contributed by atoms with Gasteiger partial charge in [0.1, 0.15) is 0 Å². The van der Waals surface area contributed by atoms with Crippen LogP contribution in [-0.2, 0) is 22.5 Å². The second-order valence-corrected chi connectivity index (χ2v) is 3.94. The topological polar surface area (TPSA) is 83.0 Å². The van der Waals surface area contributed by atoms with Gasteiger partial charge in [0.15, 0.2) is 0 Å². The van der Waals surface area contributed by atoms with Crippen LogP contribution in [0.4, 0.5) is 0 Å². The highest BCUT2D eigenvalue weighted by atomic mass is 16.5. The Morgan fingerprint density at radius 2 is 2.25 bits per heavy atom. The normalized spacial score (nSPS) is 11.0. The number of rotatable bonds is 6. The van der Waals surface area contributed by atoms with Crippen molar-refractivity contribution >= 4 is 5.91 Å². The molecule has 2 N–H and O–H groups in total. The number of nitrogens with two attached hydrogens (primary N) is 1. The van der Waals surface area contributed by atoms with Gasteiger partial charge in [0, 0.05) is 7.11 Å². The van der Waals surface area contributed by atoms with Gasteiger partial charge < -0.3 is 10.5 Å². The van der Waals surface area contributed by atoms with Crippen LogP contribution < -0.4 is 5.73 Å². The summed E-state index contributed by atoms with van der Waals surface area (Å²) >= 11 is 0. The number of aromatic nitrogens is 3. The lowest BCUT2D eigenvalue weighted by molar-refractivity contribution is -0.117. The van der Waals surface area contributed by atoms with Crippen LogP contribution in [0, 0.1) is 0 Å². The van der Waals surface area contributed by atoms with Crippen molar-refractivity contribution in [1.82, 2.24) is 15.0 Å². The summed E-state index contributed by atoms with van der Waals surface area (Å²) in [6.45, 7) is 5.27. The molecule has 1 aromatic rings. The number of hydrogen-bond acceptors (Lipinski definition) is 4. The lowest BCUT2D eigenvalue weighted by atomic mass is 10.1. The molecule has 0 aliphatic rings. The van der Waals surface area contributed by atoms with Crippen LogP contribution >= 0.6 is 0 Å². The van der Waals surface area contributed by atoms with E-state index in [-0.39, 0.29) is 18.2 Å². The maximum absolute atomic E-state index is 10.9. The molecule has 0 aliphatic carbocycles. The van der Waals surface area contributed by atoms with Gasteiger partial charge in [-0.2, -0.15) is 0 Å². The van der Waals surface area contributed by atoms with Crippen LogP contribution in [-0.4, -0.2) is 34.6 Å². The van der Waals surface area contributed by atoms with Crippen LogP contribution in [0.2, 0.25) is 0 Å². The smallest absolute Gasteiger partial charge is 0.223 e. The van der Waals surface area contributed by atoms with Gasteiger partial charge in [0.2, 0.25) is 5.91 Å². The van der Waals surface area contributed by atoms with Crippen LogP contribution in [0.15, 0.2) is 0 Å². The highest BCUT2D eigenvalue weighted by Crippen LogP contribution is 2.17. The molecule has 0 spiro atoms. The summed E-state index contributed by atoms with van der Waals surface area (Å²) in [6, 6.07) is 0. The number of methoxy groups -OCH3 is 1. The van der Waals surface area contributed by atoms with Crippen molar-refractivity contribution < 1.29 is 9.53 Å². The Morgan fingerprint density at radius 3 is 2.75 bits per heavy atom. The maximum atomic E-state index is 10.9. The van der Waals surface area contributed by atoms with E-state index in [0.717, 1.165) is 5.69 Å². The van der Waals surface area contributed by atoms with Gasteiger partial charge in [0.25, 0.3) is 0 Å². The fourth-order valence-electron chi connectivity index (χ4n) is 1.62. The first-order valence-corrected chi connectivity index (χ1v) is 5.25. The maximum Gasteiger partial charge on any atom is 0.223 e. The number of amides is 1. The summed E-state index contributed by atoms with van der Waals surface area (Å²) in [7, 11) is 1.64. The Hall–Kier alpha value is -1.43. The number of carbonyl (C=O) groups is 1. The van der Waals surface area contributed by atoms with Crippen LogP contribution in [0.3, 0.4) is 0 Å². The molecule has 0 aromatic carbocycles. The minimum Gasteiger partial charge on any atom is -0.383 e. The van der Waals surface area contributed by atoms with Gasteiger partial charge >= 0.3 is 0 Å². The fraction of sp³-hybridized carbons (Fsp3) is 0.700. The van der Waals surface area contributed by atoms with Gasteiger partial charge in [-0.15, -0.1) is 5.10 Å². The molecular weight excluding hydrogens is 208 g/mol. The first-order valence-electron chi connectivity index (χ1n) is 5.25. The molecule has 0 fully saturated rings. The van der Waals surface area contributed by atoms with Gasteiger partial charge in [-0.1, -0.05) is 19.1 Å². The molecule has 90 valence electrons. The third-order valence-corrected chi connectivity index (χ3v) is 2.24. The molecule has 1 amide bonds. The number of ether oxygens (including phenoxy) is 1. The van der Waals surface area contributed by atoms with E-state index in [1.165, 1.54) is 0 Å². The molecule has 1 aromatic heterocycles. The Labute approximate surface area is 94.8 Å². The van der Waals surface area contributed by atoms with E-state index >= 15 is 0 Å². The zero-order valence-corrected chi connectivity index (χ0v) is 9.93. The van der Waals surface area contributed by atoms with Gasteiger partial charge in [-0.3, -0.25) is 4.79 Å². The Morgan fingerprint density at radius 1 is 1.56 bits per heavy atom. The quantitative estimate of drug-likeness (QED) is 0.744. The average molecular weight is 226 g/mol. The van der Waals surface area contributed by atoms with Crippen LogP contribution in [0.25, 0.3) is 0 Å². The number of carbonyl (C=O) groups excluding carboxylic acids is 1. The van der Waals surface area contributed by atoms with Crippen molar-refractivity contribution in [3.8, 4) is 0 Å². The molecule has 16 heavy (non-hydrogen) atoms. The predicted octanol–water partition coefficient (Wildman–Crippen LogP) is 0.0757. The standard InChI is InChI=1S/C10H18N4O2/c1-7(2)10-8(6-9(11)15)12-13-14(10)4-5-16-3/h7H,4-6H2,1-3H3,(H2,11,15). The summed E-state index contributed by atoms with van der Waals surface area (Å²) in [6.07, 6.45) is 0.139. The van der Waals surface area contributed by atoms with E-state index in [4.69, 9.17) is 10.5 Å². The largest absolute Gasteiger partial charge is 0.383 e. The van der Waals surface area contributed by atoms with E-state index in [0.29, 0.717) is 18.8 Å². The first-order chi connectivity index (χ1) is 7.56. The third kappa shape index (κ3) is 3.03. The molecule has 0 radical (unpaired) electrons. The molecule has 6 nitrogen and oxygen atoms in total. The Bertz CT molecular complexity index is 360. The van der Waals surface area contributed by atoms with Crippen LogP contribution in [0.5, 0.6) is 0 Å².